The highest BCUT2D eigenvalue weighted by atomic mass is 16.5. The molecule has 2 rings (SSSR count). The average Bonchev–Trinajstić information content (AvgIpc) is 2.53. The molecule has 0 N–H and O–H groups in total. The fraction of sp³-hybridized carbons (Fsp3) is 0.118. The first-order chi connectivity index (χ1) is 9.76. The quantitative estimate of drug-likeness (QED) is 0.624. The highest BCUT2D eigenvalue weighted by molar-refractivity contribution is 5.89. The molecule has 3 nitrogen and oxygen atoms in total. The first-order valence-corrected chi connectivity index (χ1v) is 6.17. The molecule has 2 aromatic rings. The fourth-order valence-corrected chi connectivity index (χ4v) is 1.82. The summed E-state index contributed by atoms with van der Waals surface area (Å²) in [5, 5.41) is 9.29. The SMILES string of the molecule is COc1ccc(/C=C(\C#N)c2ccc(OC)cc2)cc1. The molecule has 0 aliphatic carbocycles. The van der Waals surface area contributed by atoms with Crippen molar-refractivity contribution in [3.05, 3.63) is 59.7 Å². The molecule has 0 radical (unpaired) electrons. The van der Waals surface area contributed by atoms with Crippen LogP contribution >= 0.6 is 0 Å². The first-order valence-electron chi connectivity index (χ1n) is 6.17. The molecule has 0 amide bonds. The van der Waals surface area contributed by atoms with Crippen LogP contribution in [0.1, 0.15) is 11.1 Å². The van der Waals surface area contributed by atoms with Gasteiger partial charge in [0.25, 0.3) is 0 Å². The van der Waals surface area contributed by atoms with Crippen molar-refractivity contribution in [3.8, 4) is 17.6 Å². The van der Waals surface area contributed by atoms with E-state index < -0.39 is 0 Å². The second-order valence-corrected chi connectivity index (χ2v) is 4.17. The molecule has 0 saturated carbocycles. The topological polar surface area (TPSA) is 42.2 Å². The standard InChI is InChI=1S/C17H15NO2/c1-19-16-7-3-13(4-8-16)11-15(12-18)14-5-9-17(20-2)10-6-14/h3-11H,1-2H3/b15-11+. The van der Waals surface area contributed by atoms with Crippen LogP contribution in [-0.4, -0.2) is 14.2 Å². The average molecular weight is 265 g/mol. The lowest BCUT2D eigenvalue weighted by Crippen LogP contribution is -1.86. The van der Waals surface area contributed by atoms with Crippen LogP contribution in [0, 0.1) is 11.3 Å². The highest BCUT2D eigenvalue weighted by Gasteiger charge is 2.02. The number of nitriles is 1. The zero-order valence-corrected chi connectivity index (χ0v) is 11.5. The highest BCUT2D eigenvalue weighted by Crippen LogP contribution is 2.21. The van der Waals surface area contributed by atoms with E-state index in [1.54, 1.807) is 14.2 Å². The van der Waals surface area contributed by atoms with Gasteiger partial charge >= 0.3 is 0 Å². The van der Waals surface area contributed by atoms with Gasteiger partial charge in [0.05, 0.1) is 25.9 Å². The predicted octanol–water partition coefficient (Wildman–Crippen LogP) is 3.77. The Bertz CT molecular complexity index is 634. The number of hydrogen-bond acceptors (Lipinski definition) is 3. The molecule has 0 aliphatic rings. The lowest BCUT2D eigenvalue weighted by atomic mass is 10.0. The molecule has 0 aliphatic heterocycles. The van der Waals surface area contributed by atoms with E-state index in [1.165, 1.54) is 0 Å². The van der Waals surface area contributed by atoms with Crippen LogP contribution < -0.4 is 9.47 Å². The summed E-state index contributed by atoms with van der Waals surface area (Å²) in [6.45, 7) is 0. The summed E-state index contributed by atoms with van der Waals surface area (Å²) in [7, 11) is 3.25. The van der Waals surface area contributed by atoms with Gasteiger partial charge in [-0.25, -0.2) is 0 Å². The van der Waals surface area contributed by atoms with Crippen LogP contribution in [0.3, 0.4) is 0 Å². The van der Waals surface area contributed by atoms with E-state index in [-0.39, 0.29) is 0 Å². The number of allylic oxidation sites excluding steroid dienone is 1. The smallest absolute Gasteiger partial charge is 0.118 e. The summed E-state index contributed by atoms with van der Waals surface area (Å²) in [4.78, 5) is 0. The molecule has 0 unspecified atom stereocenters. The van der Waals surface area contributed by atoms with E-state index in [2.05, 4.69) is 6.07 Å². The molecule has 20 heavy (non-hydrogen) atoms. The van der Waals surface area contributed by atoms with Gasteiger partial charge in [-0.2, -0.15) is 5.26 Å². The van der Waals surface area contributed by atoms with Crippen molar-refractivity contribution in [2.75, 3.05) is 14.2 Å². The van der Waals surface area contributed by atoms with E-state index in [0.29, 0.717) is 5.57 Å². The van der Waals surface area contributed by atoms with E-state index in [1.807, 2.05) is 54.6 Å². The van der Waals surface area contributed by atoms with Crippen molar-refractivity contribution in [3.63, 3.8) is 0 Å². The van der Waals surface area contributed by atoms with Gasteiger partial charge in [0, 0.05) is 0 Å². The molecule has 0 bridgehead atoms. The molecule has 0 atom stereocenters. The number of nitrogens with zero attached hydrogens (tertiary/aromatic N) is 1. The molecule has 0 spiro atoms. The number of hydrogen-bond donors (Lipinski definition) is 0. The largest absolute Gasteiger partial charge is 0.497 e. The number of ether oxygens (including phenoxy) is 2. The minimum atomic E-state index is 0.609. The van der Waals surface area contributed by atoms with Gasteiger partial charge in [0.15, 0.2) is 0 Å². The maximum absolute atomic E-state index is 9.29. The van der Waals surface area contributed by atoms with Crippen molar-refractivity contribution in [1.82, 2.24) is 0 Å². The van der Waals surface area contributed by atoms with E-state index in [9.17, 15) is 5.26 Å². The zero-order valence-electron chi connectivity index (χ0n) is 11.5. The summed E-state index contributed by atoms with van der Waals surface area (Å²) >= 11 is 0. The molecule has 2 aromatic carbocycles. The summed E-state index contributed by atoms with van der Waals surface area (Å²) in [6.07, 6.45) is 1.85. The zero-order chi connectivity index (χ0) is 14.4. The Morgan fingerprint density at radius 3 is 1.85 bits per heavy atom. The van der Waals surface area contributed by atoms with Crippen molar-refractivity contribution in [2.24, 2.45) is 0 Å². The Kier molecular flexibility index (Phi) is 4.41. The molecular weight excluding hydrogens is 250 g/mol. The minimum Gasteiger partial charge on any atom is -0.497 e. The second kappa shape index (κ2) is 6.44. The Morgan fingerprint density at radius 2 is 1.40 bits per heavy atom. The molecule has 0 aromatic heterocycles. The Hall–Kier alpha value is -2.73. The minimum absolute atomic E-state index is 0.609. The van der Waals surface area contributed by atoms with Gasteiger partial charge in [0.2, 0.25) is 0 Å². The van der Waals surface area contributed by atoms with Gasteiger partial charge in [-0.15, -0.1) is 0 Å². The third-order valence-electron chi connectivity index (χ3n) is 2.95. The number of benzene rings is 2. The summed E-state index contributed by atoms with van der Waals surface area (Å²) in [6, 6.07) is 17.2. The third kappa shape index (κ3) is 3.18. The molecule has 0 fully saturated rings. The van der Waals surface area contributed by atoms with Crippen LogP contribution in [0.5, 0.6) is 11.5 Å². The maximum Gasteiger partial charge on any atom is 0.118 e. The lowest BCUT2D eigenvalue weighted by Gasteiger charge is -2.03. The van der Waals surface area contributed by atoms with Crippen LogP contribution in [0.2, 0.25) is 0 Å². The van der Waals surface area contributed by atoms with Crippen molar-refractivity contribution in [1.29, 1.82) is 5.26 Å². The monoisotopic (exact) mass is 265 g/mol. The second-order valence-electron chi connectivity index (χ2n) is 4.17. The third-order valence-corrected chi connectivity index (χ3v) is 2.95. The first kappa shape index (κ1) is 13.7. The number of rotatable bonds is 4. The molecule has 100 valence electrons. The summed E-state index contributed by atoms with van der Waals surface area (Å²) in [5.74, 6) is 1.57. The van der Waals surface area contributed by atoms with Gasteiger partial charge in [0.1, 0.15) is 11.5 Å². The molecular formula is C17H15NO2. The predicted molar refractivity (Wildman–Crippen MR) is 79.5 cm³/mol. The van der Waals surface area contributed by atoms with Gasteiger partial charge in [-0.05, 0) is 53.6 Å². The maximum atomic E-state index is 9.29. The Balaban J connectivity index is 2.30. The van der Waals surface area contributed by atoms with Crippen molar-refractivity contribution in [2.45, 2.75) is 0 Å². The Labute approximate surface area is 118 Å². The summed E-state index contributed by atoms with van der Waals surface area (Å²) < 4.78 is 10.2. The van der Waals surface area contributed by atoms with Crippen LogP contribution in [-0.2, 0) is 0 Å². The lowest BCUT2D eigenvalue weighted by molar-refractivity contribution is 0.414. The number of methoxy groups -OCH3 is 2. The van der Waals surface area contributed by atoms with E-state index >= 15 is 0 Å². The van der Waals surface area contributed by atoms with Crippen LogP contribution in [0.4, 0.5) is 0 Å². The van der Waals surface area contributed by atoms with Crippen LogP contribution in [0.15, 0.2) is 48.5 Å². The van der Waals surface area contributed by atoms with Crippen molar-refractivity contribution >= 4 is 11.6 Å². The normalized spacial score (nSPS) is 10.8. The summed E-state index contributed by atoms with van der Waals surface area (Å²) in [5.41, 5.74) is 2.43. The van der Waals surface area contributed by atoms with Crippen molar-refractivity contribution < 1.29 is 9.47 Å². The van der Waals surface area contributed by atoms with Gasteiger partial charge < -0.3 is 9.47 Å². The van der Waals surface area contributed by atoms with Crippen LogP contribution in [0.25, 0.3) is 11.6 Å². The van der Waals surface area contributed by atoms with E-state index in [0.717, 1.165) is 22.6 Å². The van der Waals surface area contributed by atoms with Gasteiger partial charge in [-0.3, -0.25) is 0 Å². The molecule has 0 heterocycles. The van der Waals surface area contributed by atoms with Gasteiger partial charge in [-0.1, -0.05) is 12.1 Å². The Morgan fingerprint density at radius 1 is 0.900 bits per heavy atom. The molecule has 3 heteroatoms. The fourth-order valence-electron chi connectivity index (χ4n) is 1.82. The molecule has 0 saturated heterocycles. The van der Waals surface area contributed by atoms with E-state index in [4.69, 9.17) is 9.47 Å².